The highest BCUT2D eigenvalue weighted by molar-refractivity contribution is 14.0. The number of hydrogen-bond acceptors (Lipinski definition) is 5. The van der Waals surface area contributed by atoms with Crippen LogP contribution in [0.2, 0.25) is 0 Å². The molecule has 2 aromatic rings. The van der Waals surface area contributed by atoms with E-state index in [9.17, 15) is 0 Å². The van der Waals surface area contributed by atoms with Gasteiger partial charge in [-0.15, -0.1) is 24.0 Å². The number of rotatable bonds is 7. The van der Waals surface area contributed by atoms with Gasteiger partial charge in [0.1, 0.15) is 6.26 Å². The van der Waals surface area contributed by atoms with Gasteiger partial charge in [-0.25, -0.2) is 4.99 Å². The van der Waals surface area contributed by atoms with Crippen molar-refractivity contribution in [1.29, 1.82) is 0 Å². The fourth-order valence-electron chi connectivity index (χ4n) is 4.58. The van der Waals surface area contributed by atoms with Crippen molar-refractivity contribution >= 4 is 29.9 Å². The molecule has 1 aromatic carbocycles. The van der Waals surface area contributed by atoms with Gasteiger partial charge in [-0.2, -0.15) is 0 Å². The Hall–Kier alpha value is -1.65. The molecule has 2 fully saturated rings. The number of nitrogens with one attached hydrogen (secondary N) is 1. The molecular formula is C25H39IN6O. The van der Waals surface area contributed by atoms with Crippen LogP contribution in [0.3, 0.4) is 0 Å². The van der Waals surface area contributed by atoms with Gasteiger partial charge in [0.2, 0.25) is 0 Å². The SMILES string of the molecule is CCNC(=NCc1ccccc1CN1CCC(C)CC1)N1CCN(Cc2ccon2)CC1.I. The molecule has 0 atom stereocenters. The van der Waals surface area contributed by atoms with Gasteiger partial charge in [0.25, 0.3) is 0 Å². The Labute approximate surface area is 215 Å². The lowest BCUT2D eigenvalue weighted by atomic mass is 9.98. The average molecular weight is 567 g/mol. The van der Waals surface area contributed by atoms with Crippen molar-refractivity contribution in [2.75, 3.05) is 45.8 Å². The van der Waals surface area contributed by atoms with Crippen molar-refractivity contribution < 1.29 is 4.52 Å². The van der Waals surface area contributed by atoms with Crippen LogP contribution in [0.4, 0.5) is 0 Å². The number of piperidine rings is 1. The van der Waals surface area contributed by atoms with Gasteiger partial charge in [-0.05, 0) is 49.9 Å². The quantitative estimate of drug-likeness (QED) is 0.313. The van der Waals surface area contributed by atoms with Crippen LogP contribution in [0.1, 0.15) is 43.5 Å². The van der Waals surface area contributed by atoms with E-state index in [1.807, 2.05) is 6.07 Å². The van der Waals surface area contributed by atoms with Crippen LogP contribution in [0.25, 0.3) is 0 Å². The molecule has 3 heterocycles. The van der Waals surface area contributed by atoms with E-state index in [0.29, 0.717) is 0 Å². The highest BCUT2D eigenvalue weighted by Crippen LogP contribution is 2.20. The minimum absolute atomic E-state index is 0. The second kappa shape index (κ2) is 13.3. The molecular weight excluding hydrogens is 527 g/mol. The van der Waals surface area contributed by atoms with Gasteiger partial charge < -0.3 is 14.7 Å². The third-order valence-electron chi connectivity index (χ3n) is 6.67. The summed E-state index contributed by atoms with van der Waals surface area (Å²) in [4.78, 5) is 12.4. The van der Waals surface area contributed by atoms with Gasteiger partial charge in [0.15, 0.2) is 5.96 Å². The van der Waals surface area contributed by atoms with Crippen molar-refractivity contribution in [2.45, 2.75) is 46.3 Å². The van der Waals surface area contributed by atoms with Crippen molar-refractivity contribution in [3.05, 3.63) is 53.4 Å². The zero-order chi connectivity index (χ0) is 22.2. The molecule has 0 saturated carbocycles. The third-order valence-corrected chi connectivity index (χ3v) is 6.67. The molecule has 0 unspecified atom stereocenters. The van der Waals surface area contributed by atoms with E-state index in [2.05, 4.69) is 63.3 Å². The minimum Gasteiger partial charge on any atom is -0.364 e. The number of nitrogens with zero attached hydrogens (tertiary/aromatic N) is 5. The molecule has 0 bridgehead atoms. The molecule has 1 N–H and O–H groups in total. The summed E-state index contributed by atoms with van der Waals surface area (Å²) in [5.74, 6) is 1.89. The first-order chi connectivity index (χ1) is 15.7. The first kappa shape index (κ1) is 26.0. The van der Waals surface area contributed by atoms with Crippen LogP contribution in [0.5, 0.6) is 0 Å². The van der Waals surface area contributed by atoms with Crippen molar-refractivity contribution in [2.24, 2.45) is 10.9 Å². The highest BCUT2D eigenvalue weighted by Gasteiger charge is 2.21. The fraction of sp³-hybridized carbons (Fsp3) is 0.600. The van der Waals surface area contributed by atoms with Crippen LogP contribution in [0, 0.1) is 5.92 Å². The lowest BCUT2D eigenvalue weighted by Crippen LogP contribution is -2.52. The normalized spacial score (nSPS) is 18.8. The Kier molecular flexibility index (Phi) is 10.5. The molecule has 0 aliphatic carbocycles. The lowest BCUT2D eigenvalue weighted by molar-refractivity contribution is 0.169. The van der Waals surface area contributed by atoms with Gasteiger partial charge >= 0.3 is 0 Å². The van der Waals surface area contributed by atoms with Crippen LogP contribution in [-0.2, 0) is 19.6 Å². The van der Waals surface area contributed by atoms with E-state index in [1.54, 1.807) is 6.26 Å². The van der Waals surface area contributed by atoms with E-state index < -0.39 is 0 Å². The lowest BCUT2D eigenvalue weighted by Gasteiger charge is -2.36. The molecule has 7 nitrogen and oxygen atoms in total. The Morgan fingerprint density at radius 1 is 1.00 bits per heavy atom. The summed E-state index contributed by atoms with van der Waals surface area (Å²) in [6, 6.07) is 10.8. The predicted octanol–water partition coefficient (Wildman–Crippen LogP) is 3.81. The van der Waals surface area contributed by atoms with E-state index in [-0.39, 0.29) is 24.0 Å². The monoisotopic (exact) mass is 566 g/mol. The number of aromatic nitrogens is 1. The maximum atomic E-state index is 5.04. The smallest absolute Gasteiger partial charge is 0.194 e. The first-order valence-corrected chi connectivity index (χ1v) is 12.1. The second-order valence-electron chi connectivity index (χ2n) is 9.15. The Morgan fingerprint density at radius 2 is 1.70 bits per heavy atom. The molecule has 8 heteroatoms. The second-order valence-corrected chi connectivity index (χ2v) is 9.15. The van der Waals surface area contributed by atoms with E-state index >= 15 is 0 Å². The molecule has 1 aromatic heterocycles. The fourth-order valence-corrected chi connectivity index (χ4v) is 4.58. The Bertz CT molecular complexity index is 842. The van der Waals surface area contributed by atoms with Crippen LogP contribution in [-0.4, -0.2) is 71.6 Å². The zero-order valence-corrected chi connectivity index (χ0v) is 22.4. The summed E-state index contributed by atoms with van der Waals surface area (Å²) in [7, 11) is 0. The molecule has 0 amide bonds. The first-order valence-electron chi connectivity index (χ1n) is 12.1. The van der Waals surface area contributed by atoms with Crippen molar-refractivity contribution in [1.82, 2.24) is 25.2 Å². The van der Waals surface area contributed by atoms with Crippen LogP contribution < -0.4 is 5.32 Å². The number of piperazine rings is 1. The van der Waals surface area contributed by atoms with Crippen molar-refractivity contribution in [3.63, 3.8) is 0 Å². The average Bonchev–Trinajstić information content (AvgIpc) is 3.33. The van der Waals surface area contributed by atoms with Crippen LogP contribution >= 0.6 is 24.0 Å². The summed E-state index contributed by atoms with van der Waals surface area (Å²) < 4.78 is 4.96. The maximum Gasteiger partial charge on any atom is 0.194 e. The van der Waals surface area contributed by atoms with E-state index in [1.165, 1.54) is 37.1 Å². The number of halogens is 1. The van der Waals surface area contributed by atoms with Gasteiger partial charge in [0, 0.05) is 51.9 Å². The van der Waals surface area contributed by atoms with Gasteiger partial charge in [-0.1, -0.05) is 36.3 Å². The van der Waals surface area contributed by atoms with Gasteiger partial charge in [0.05, 0.1) is 12.2 Å². The summed E-state index contributed by atoms with van der Waals surface area (Å²) in [5.41, 5.74) is 3.75. The number of guanidine groups is 1. The zero-order valence-electron chi connectivity index (χ0n) is 20.1. The molecule has 2 saturated heterocycles. The number of benzene rings is 1. The minimum atomic E-state index is 0. The molecule has 2 aliphatic rings. The Balaban J connectivity index is 0.00000306. The number of aliphatic imine (C=N–C) groups is 1. The predicted molar refractivity (Wildman–Crippen MR) is 144 cm³/mol. The Morgan fingerprint density at radius 3 is 2.36 bits per heavy atom. The standard InChI is InChI=1S/C25H38N6O.HI/c1-3-26-25(31-15-13-30(14-16-31)20-24-10-17-32-28-24)27-18-22-6-4-5-7-23(22)19-29-11-8-21(2)9-12-29;/h4-7,10,17,21H,3,8-9,11-16,18-20H2,1-2H3,(H,26,27);1H. The van der Waals surface area contributed by atoms with E-state index in [0.717, 1.165) is 69.9 Å². The molecule has 0 radical (unpaired) electrons. The molecule has 4 rings (SSSR count). The maximum absolute atomic E-state index is 5.04. The van der Waals surface area contributed by atoms with Crippen molar-refractivity contribution in [3.8, 4) is 0 Å². The van der Waals surface area contributed by atoms with E-state index in [4.69, 9.17) is 9.52 Å². The number of hydrogen-bond donors (Lipinski definition) is 1. The molecule has 182 valence electrons. The summed E-state index contributed by atoms with van der Waals surface area (Å²) in [6.07, 6.45) is 4.27. The summed E-state index contributed by atoms with van der Waals surface area (Å²) >= 11 is 0. The third kappa shape index (κ3) is 7.68. The summed E-state index contributed by atoms with van der Waals surface area (Å²) in [6.45, 7) is 14.4. The van der Waals surface area contributed by atoms with Crippen LogP contribution in [0.15, 0.2) is 46.1 Å². The molecule has 0 spiro atoms. The highest BCUT2D eigenvalue weighted by atomic mass is 127. The molecule has 2 aliphatic heterocycles. The molecule has 33 heavy (non-hydrogen) atoms. The largest absolute Gasteiger partial charge is 0.364 e. The van der Waals surface area contributed by atoms with Gasteiger partial charge in [-0.3, -0.25) is 9.80 Å². The number of likely N-dealkylation sites (tertiary alicyclic amines) is 1. The summed E-state index contributed by atoms with van der Waals surface area (Å²) in [5, 5.41) is 7.55. The topological polar surface area (TPSA) is 60.1 Å².